The molecule has 0 bridgehead atoms. The number of ether oxygens (including phenoxy) is 1. The molecular weight excluding hydrogens is 276 g/mol. The second-order valence-electron chi connectivity index (χ2n) is 4.82. The van der Waals surface area contributed by atoms with Crippen LogP contribution < -0.4 is 10.1 Å². The van der Waals surface area contributed by atoms with Crippen LogP contribution in [0.15, 0.2) is 48.5 Å². The third-order valence-corrected chi connectivity index (χ3v) is 3.14. The van der Waals surface area contributed by atoms with E-state index in [1.165, 1.54) is 0 Å². The number of benzene rings is 2. The van der Waals surface area contributed by atoms with E-state index in [4.69, 9.17) is 10.00 Å². The summed E-state index contributed by atoms with van der Waals surface area (Å²) in [5.74, 6) is 0.523. The molecule has 0 unspecified atom stereocenters. The number of nitriles is 1. The van der Waals surface area contributed by atoms with Crippen LogP contribution in [0, 0.1) is 11.3 Å². The van der Waals surface area contributed by atoms with Gasteiger partial charge in [0, 0.05) is 12.1 Å². The maximum absolute atomic E-state index is 11.6. The Morgan fingerprint density at radius 1 is 1.18 bits per heavy atom. The van der Waals surface area contributed by atoms with Crippen molar-refractivity contribution in [1.29, 1.82) is 5.26 Å². The van der Waals surface area contributed by atoms with Gasteiger partial charge in [-0.2, -0.15) is 5.26 Å². The lowest BCUT2D eigenvalue weighted by Gasteiger charge is -2.11. The first kappa shape index (κ1) is 15.6. The van der Waals surface area contributed by atoms with E-state index in [-0.39, 0.29) is 12.5 Å². The number of carbonyl (C=O) groups is 1. The molecule has 1 amide bonds. The Morgan fingerprint density at radius 2 is 1.91 bits per heavy atom. The molecule has 0 aliphatic rings. The molecule has 0 aliphatic heterocycles. The number of amides is 1. The third kappa shape index (κ3) is 4.10. The highest BCUT2D eigenvalue weighted by Crippen LogP contribution is 2.29. The van der Waals surface area contributed by atoms with Crippen LogP contribution >= 0.6 is 0 Å². The average Bonchev–Trinajstić information content (AvgIpc) is 2.58. The molecule has 4 nitrogen and oxygen atoms in total. The standard InChI is InChI=1S/C18H18N2O2/c1-2-11-20-18(21)13-22-17-6-4-3-5-16(17)15-9-7-14(12-19)8-10-15/h3-10H,2,11,13H2,1H3,(H,20,21). The smallest absolute Gasteiger partial charge is 0.257 e. The number of para-hydroxylation sites is 1. The Morgan fingerprint density at radius 3 is 2.59 bits per heavy atom. The Balaban J connectivity index is 2.12. The molecule has 0 spiro atoms. The van der Waals surface area contributed by atoms with Gasteiger partial charge in [-0.25, -0.2) is 0 Å². The molecule has 4 heteroatoms. The highest BCUT2D eigenvalue weighted by atomic mass is 16.5. The molecule has 2 rings (SSSR count). The average molecular weight is 294 g/mol. The molecule has 0 heterocycles. The summed E-state index contributed by atoms with van der Waals surface area (Å²) in [6.45, 7) is 2.65. The van der Waals surface area contributed by atoms with Crippen LogP contribution in [0.2, 0.25) is 0 Å². The van der Waals surface area contributed by atoms with Crippen molar-refractivity contribution in [3.8, 4) is 22.9 Å². The predicted molar refractivity (Wildman–Crippen MR) is 85.4 cm³/mol. The summed E-state index contributed by atoms with van der Waals surface area (Å²) in [7, 11) is 0. The molecule has 0 aromatic heterocycles. The van der Waals surface area contributed by atoms with E-state index in [9.17, 15) is 4.79 Å². The SMILES string of the molecule is CCCNC(=O)COc1ccccc1-c1ccc(C#N)cc1. The maximum Gasteiger partial charge on any atom is 0.257 e. The molecule has 1 N–H and O–H groups in total. The fourth-order valence-corrected chi connectivity index (χ4v) is 2.01. The van der Waals surface area contributed by atoms with E-state index in [0.29, 0.717) is 17.9 Å². The van der Waals surface area contributed by atoms with Gasteiger partial charge in [0.15, 0.2) is 6.61 Å². The van der Waals surface area contributed by atoms with E-state index in [1.54, 1.807) is 12.1 Å². The lowest BCUT2D eigenvalue weighted by molar-refractivity contribution is -0.123. The van der Waals surface area contributed by atoms with Crippen LogP contribution in [0.25, 0.3) is 11.1 Å². The highest BCUT2D eigenvalue weighted by molar-refractivity contribution is 5.78. The van der Waals surface area contributed by atoms with E-state index >= 15 is 0 Å². The summed E-state index contributed by atoms with van der Waals surface area (Å²) in [4.78, 5) is 11.6. The molecule has 0 radical (unpaired) electrons. The van der Waals surface area contributed by atoms with E-state index < -0.39 is 0 Å². The van der Waals surface area contributed by atoms with Crippen molar-refractivity contribution in [1.82, 2.24) is 5.32 Å². The lowest BCUT2D eigenvalue weighted by Crippen LogP contribution is -2.29. The zero-order valence-electron chi connectivity index (χ0n) is 12.5. The molecule has 0 aliphatic carbocycles. The molecular formula is C18H18N2O2. The molecule has 0 fully saturated rings. The van der Waals surface area contributed by atoms with Gasteiger partial charge in [-0.15, -0.1) is 0 Å². The monoisotopic (exact) mass is 294 g/mol. The topological polar surface area (TPSA) is 62.1 Å². The number of carbonyl (C=O) groups excluding carboxylic acids is 1. The Labute approximate surface area is 130 Å². The fraction of sp³-hybridized carbons (Fsp3) is 0.222. The van der Waals surface area contributed by atoms with E-state index in [2.05, 4.69) is 11.4 Å². The normalized spacial score (nSPS) is 9.82. The van der Waals surface area contributed by atoms with Crippen molar-refractivity contribution >= 4 is 5.91 Å². The summed E-state index contributed by atoms with van der Waals surface area (Å²) in [6, 6.07) is 16.9. The van der Waals surface area contributed by atoms with Crippen LogP contribution in [0.4, 0.5) is 0 Å². The molecule has 2 aromatic carbocycles. The van der Waals surface area contributed by atoms with Crippen molar-refractivity contribution in [3.63, 3.8) is 0 Å². The van der Waals surface area contributed by atoms with Crippen molar-refractivity contribution in [3.05, 3.63) is 54.1 Å². The van der Waals surface area contributed by atoms with Gasteiger partial charge in [-0.05, 0) is 30.2 Å². The first-order chi connectivity index (χ1) is 10.7. The molecule has 0 atom stereocenters. The van der Waals surface area contributed by atoms with Crippen molar-refractivity contribution in [2.24, 2.45) is 0 Å². The number of hydrogen-bond donors (Lipinski definition) is 1. The van der Waals surface area contributed by atoms with Gasteiger partial charge < -0.3 is 10.1 Å². The Hall–Kier alpha value is -2.80. The van der Waals surface area contributed by atoms with Crippen molar-refractivity contribution in [2.45, 2.75) is 13.3 Å². The van der Waals surface area contributed by atoms with E-state index in [0.717, 1.165) is 17.5 Å². The minimum absolute atomic E-state index is 0.00665. The minimum Gasteiger partial charge on any atom is -0.483 e. The first-order valence-corrected chi connectivity index (χ1v) is 7.23. The van der Waals surface area contributed by atoms with Gasteiger partial charge in [0.1, 0.15) is 5.75 Å². The number of nitrogens with one attached hydrogen (secondary N) is 1. The number of hydrogen-bond acceptors (Lipinski definition) is 3. The summed E-state index contributed by atoms with van der Waals surface area (Å²) in [5, 5.41) is 11.6. The fourth-order valence-electron chi connectivity index (χ4n) is 2.01. The summed E-state index contributed by atoms with van der Waals surface area (Å²) in [6.07, 6.45) is 0.896. The molecule has 22 heavy (non-hydrogen) atoms. The maximum atomic E-state index is 11.6. The van der Waals surface area contributed by atoms with Crippen LogP contribution in [-0.2, 0) is 4.79 Å². The molecule has 2 aromatic rings. The molecule has 0 saturated heterocycles. The zero-order chi connectivity index (χ0) is 15.8. The lowest BCUT2D eigenvalue weighted by atomic mass is 10.0. The Kier molecular flexibility index (Phi) is 5.56. The minimum atomic E-state index is -0.128. The van der Waals surface area contributed by atoms with Gasteiger partial charge >= 0.3 is 0 Å². The van der Waals surface area contributed by atoms with Gasteiger partial charge in [-0.1, -0.05) is 37.3 Å². The number of nitrogens with zero attached hydrogens (tertiary/aromatic N) is 1. The van der Waals surface area contributed by atoms with Crippen LogP contribution in [0.5, 0.6) is 5.75 Å². The van der Waals surface area contributed by atoms with Gasteiger partial charge in [0.2, 0.25) is 0 Å². The second-order valence-corrected chi connectivity index (χ2v) is 4.82. The highest BCUT2D eigenvalue weighted by Gasteiger charge is 2.08. The summed E-state index contributed by atoms with van der Waals surface area (Å²) < 4.78 is 5.63. The number of rotatable bonds is 6. The van der Waals surface area contributed by atoms with Crippen molar-refractivity contribution in [2.75, 3.05) is 13.2 Å². The quantitative estimate of drug-likeness (QED) is 0.890. The largest absolute Gasteiger partial charge is 0.483 e. The van der Waals surface area contributed by atoms with E-state index in [1.807, 2.05) is 43.3 Å². The molecule has 112 valence electrons. The second kappa shape index (κ2) is 7.84. The van der Waals surface area contributed by atoms with Crippen LogP contribution in [0.1, 0.15) is 18.9 Å². The third-order valence-electron chi connectivity index (χ3n) is 3.14. The molecule has 0 saturated carbocycles. The summed E-state index contributed by atoms with van der Waals surface area (Å²) in [5.41, 5.74) is 2.46. The van der Waals surface area contributed by atoms with Gasteiger partial charge in [0.25, 0.3) is 5.91 Å². The van der Waals surface area contributed by atoms with Gasteiger partial charge in [0.05, 0.1) is 11.6 Å². The van der Waals surface area contributed by atoms with Gasteiger partial charge in [-0.3, -0.25) is 4.79 Å². The van der Waals surface area contributed by atoms with Crippen molar-refractivity contribution < 1.29 is 9.53 Å². The first-order valence-electron chi connectivity index (χ1n) is 7.23. The zero-order valence-corrected chi connectivity index (χ0v) is 12.5. The van der Waals surface area contributed by atoms with Crippen LogP contribution in [0.3, 0.4) is 0 Å². The van der Waals surface area contributed by atoms with Crippen LogP contribution in [-0.4, -0.2) is 19.1 Å². The Bertz CT molecular complexity index is 672. The summed E-state index contributed by atoms with van der Waals surface area (Å²) >= 11 is 0. The predicted octanol–water partition coefficient (Wildman–Crippen LogP) is 3.13.